The Kier molecular flexibility index (Phi) is 3.95. The average Bonchev–Trinajstić information content (AvgIpc) is 2.25. The molecule has 0 aliphatic carbocycles. The minimum atomic E-state index is -0.196. The van der Waals surface area contributed by atoms with Crippen molar-refractivity contribution in [2.24, 2.45) is 5.11 Å². The monoisotopic (exact) mass is 191 g/mol. The molecule has 0 aromatic heterocycles. The highest BCUT2D eigenvalue weighted by Gasteiger charge is 1.94. The molecule has 5 heteroatoms. The van der Waals surface area contributed by atoms with Crippen LogP contribution < -0.4 is 0 Å². The zero-order valence-corrected chi connectivity index (χ0v) is 7.46. The first-order valence-electron chi connectivity index (χ1n) is 4.01. The molecule has 0 heterocycles. The van der Waals surface area contributed by atoms with Crippen LogP contribution in [0.15, 0.2) is 35.4 Å². The van der Waals surface area contributed by atoms with Gasteiger partial charge in [-0.25, -0.2) is 5.21 Å². The molecule has 0 atom stereocenters. The molecule has 0 bridgehead atoms. The number of hydrogen-bond acceptors (Lipinski definition) is 4. The minimum Gasteiger partial charge on any atom is -0.376 e. The second-order valence-electron chi connectivity index (χ2n) is 2.45. The Morgan fingerprint density at radius 1 is 1.43 bits per heavy atom. The summed E-state index contributed by atoms with van der Waals surface area (Å²) in [7, 11) is 0. The van der Waals surface area contributed by atoms with E-state index in [1.807, 2.05) is 30.3 Å². The Labute approximate surface area is 81.4 Å². The van der Waals surface area contributed by atoms with E-state index >= 15 is 0 Å². The molecule has 0 aliphatic rings. The molecule has 0 saturated carbocycles. The number of nitriles is 1. The van der Waals surface area contributed by atoms with Gasteiger partial charge in [-0.2, -0.15) is 5.26 Å². The van der Waals surface area contributed by atoms with Gasteiger partial charge in [-0.05, 0) is 5.56 Å². The van der Waals surface area contributed by atoms with Crippen LogP contribution in [-0.2, 0) is 11.4 Å². The molecule has 0 N–H and O–H groups in total. The topological polar surface area (TPSA) is 71.5 Å². The van der Waals surface area contributed by atoms with Gasteiger partial charge in [-0.1, -0.05) is 30.3 Å². The molecule has 1 rings (SSSR count). The van der Waals surface area contributed by atoms with E-state index in [1.54, 1.807) is 6.07 Å². The second kappa shape index (κ2) is 5.54. The molecule has 14 heavy (non-hydrogen) atoms. The van der Waals surface area contributed by atoms with Crippen molar-refractivity contribution in [3.63, 3.8) is 0 Å². The largest absolute Gasteiger partial charge is 0.376 e. The van der Waals surface area contributed by atoms with E-state index in [2.05, 4.69) is 5.11 Å². The van der Waals surface area contributed by atoms with Gasteiger partial charge in [0.15, 0.2) is 11.6 Å². The first-order valence-corrected chi connectivity index (χ1v) is 4.01. The number of rotatable bonds is 4. The van der Waals surface area contributed by atoms with Gasteiger partial charge in [0.1, 0.15) is 0 Å². The normalized spacial score (nSPS) is 10.6. The third-order valence-electron chi connectivity index (χ3n) is 1.44. The summed E-state index contributed by atoms with van der Waals surface area (Å²) in [6.45, 7) is -0.0441. The average molecular weight is 191 g/mol. The van der Waals surface area contributed by atoms with Gasteiger partial charge in [-0.15, -0.1) is 0 Å². The van der Waals surface area contributed by atoms with Crippen LogP contribution in [0.2, 0.25) is 0 Å². The van der Waals surface area contributed by atoms with E-state index < -0.39 is 0 Å². The van der Waals surface area contributed by atoms with Crippen molar-refractivity contribution in [3.05, 3.63) is 41.1 Å². The summed E-state index contributed by atoms with van der Waals surface area (Å²) in [5.41, 5.74) is 0.875. The maximum Gasteiger partial charge on any atom is 0.194 e. The quantitative estimate of drug-likeness (QED) is 0.412. The number of hydrogen-bond donors (Lipinski definition) is 0. The van der Waals surface area contributed by atoms with E-state index in [0.29, 0.717) is 0 Å². The van der Waals surface area contributed by atoms with Crippen molar-refractivity contribution < 1.29 is 9.86 Å². The van der Waals surface area contributed by atoms with E-state index in [1.165, 1.54) is 0 Å². The molecular formula is C9H9N3O2. The lowest BCUT2D eigenvalue weighted by Crippen LogP contribution is -2.03. The summed E-state index contributed by atoms with van der Waals surface area (Å²) >= 11 is 0. The van der Waals surface area contributed by atoms with Crippen molar-refractivity contribution in [2.75, 3.05) is 6.54 Å². The molecule has 0 radical (unpaired) electrons. The van der Waals surface area contributed by atoms with E-state index in [0.717, 1.165) is 5.56 Å². The van der Waals surface area contributed by atoms with Crippen LogP contribution in [-0.4, -0.2) is 11.6 Å². The fourth-order valence-corrected chi connectivity index (χ4v) is 0.834. The molecule has 72 valence electrons. The standard InChI is InChI=1S/C9H9N3O2/c10-6-7-11-12(13)14-8-9-4-2-1-3-5-9/h1-5H,7-8H2. The highest BCUT2D eigenvalue weighted by atomic mass is 16.9. The molecular weight excluding hydrogens is 182 g/mol. The summed E-state index contributed by atoms with van der Waals surface area (Å²) < 4.78 is 0. The van der Waals surface area contributed by atoms with Crippen LogP contribution in [0.4, 0.5) is 0 Å². The molecule has 0 amide bonds. The molecule has 0 fully saturated rings. The summed E-state index contributed by atoms with van der Waals surface area (Å²) in [5.74, 6) is 0. The lowest BCUT2D eigenvalue weighted by molar-refractivity contribution is -0.795. The first-order chi connectivity index (χ1) is 6.83. The lowest BCUT2D eigenvalue weighted by atomic mass is 10.2. The molecule has 5 nitrogen and oxygen atoms in total. The molecule has 1 aromatic carbocycles. The van der Waals surface area contributed by atoms with Gasteiger partial charge in [0.05, 0.1) is 12.7 Å². The van der Waals surface area contributed by atoms with Gasteiger partial charge >= 0.3 is 0 Å². The minimum absolute atomic E-state index is 0.0657. The van der Waals surface area contributed by atoms with Crippen LogP contribution >= 0.6 is 0 Å². The van der Waals surface area contributed by atoms with E-state index in [9.17, 15) is 5.21 Å². The maximum absolute atomic E-state index is 10.8. The summed E-state index contributed by atoms with van der Waals surface area (Å²) in [6.07, 6.45) is 0. The van der Waals surface area contributed by atoms with Crippen molar-refractivity contribution in [2.45, 2.75) is 6.61 Å². The molecule has 0 saturated heterocycles. The summed E-state index contributed by atoms with van der Waals surface area (Å²) in [4.78, 5) is 4.69. The second-order valence-corrected chi connectivity index (χ2v) is 2.45. The highest BCUT2D eigenvalue weighted by molar-refractivity contribution is 5.13. The van der Waals surface area contributed by atoms with Gasteiger partial charge in [0.2, 0.25) is 0 Å². The highest BCUT2D eigenvalue weighted by Crippen LogP contribution is 2.00. The molecule has 1 aromatic rings. The van der Waals surface area contributed by atoms with Crippen LogP contribution in [0, 0.1) is 16.5 Å². The van der Waals surface area contributed by atoms with Crippen LogP contribution in [0.3, 0.4) is 0 Å². The van der Waals surface area contributed by atoms with Crippen LogP contribution in [0.1, 0.15) is 5.56 Å². The fraction of sp³-hybridized carbons (Fsp3) is 0.222. The van der Waals surface area contributed by atoms with Crippen LogP contribution in [0.5, 0.6) is 0 Å². The van der Waals surface area contributed by atoms with Crippen molar-refractivity contribution in [3.8, 4) is 6.07 Å². The molecule has 0 unspecified atom stereocenters. The Hall–Kier alpha value is -2.09. The molecule has 0 aliphatic heterocycles. The predicted octanol–water partition coefficient (Wildman–Crippen LogP) is 1.60. The zero-order valence-electron chi connectivity index (χ0n) is 7.46. The Balaban J connectivity index is 2.38. The van der Waals surface area contributed by atoms with Gasteiger partial charge in [0.25, 0.3) is 0 Å². The van der Waals surface area contributed by atoms with Crippen molar-refractivity contribution >= 4 is 0 Å². The maximum atomic E-state index is 10.8. The van der Waals surface area contributed by atoms with E-state index in [4.69, 9.17) is 10.1 Å². The SMILES string of the molecule is N#CCN=[N+]([O-])OCc1ccccc1. The Morgan fingerprint density at radius 3 is 2.79 bits per heavy atom. The fourth-order valence-electron chi connectivity index (χ4n) is 0.834. The van der Waals surface area contributed by atoms with Crippen molar-refractivity contribution in [1.29, 1.82) is 5.26 Å². The van der Waals surface area contributed by atoms with Gasteiger partial charge in [0, 0.05) is 5.11 Å². The smallest absolute Gasteiger partial charge is 0.194 e. The third kappa shape index (κ3) is 3.54. The third-order valence-corrected chi connectivity index (χ3v) is 1.44. The zero-order chi connectivity index (χ0) is 10.2. The number of benzene rings is 1. The number of nitrogens with zero attached hydrogens (tertiary/aromatic N) is 3. The predicted molar refractivity (Wildman–Crippen MR) is 47.8 cm³/mol. The Bertz CT molecular complexity index is 343. The summed E-state index contributed by atoms with van der Waals surface area (Å²) in [5, 5.41) is 22.2. The molecule has 0 spiro atoms. The summed E-state index contributed by atoms with van der Waals surface area (Å²) in [6, 6.07) is 10.9. The Morgan fingerprint density at radius 2 is 2.14 bits per heavy atom. The van der Waals surface area contributed by atoms with Gasteiger partial charge < -0.3 is 4.84 Å². The van der Waals surface area contributed by atoms with E-state index in [-0.39, 0.29) is 18.2 Å². The van der Waals surface area contributed by atoms with Gasteiger partial charge in [-0.3, -0.25) is 0 Å². The van der Waals surface area contributed by atoms with Crippen LogP contribution in [0.25, 0.3) is 0 Å². The van der Waals surface area contributed by atoms with Crippen molar-refractivity contribution in [1.82, 2.24) is 0 Å². The first kappa shape index (κ1) is 9.99. The lowest BCUT2D eigenvalue weighted by Gasteiger charge is -2.02.